The summed E-state index contributed by atoms with van der Waals surface area (Å²) in [4.78, 5) is 10.2. The minimum absolute atomic E-state index is 0.278. The molecular weight excluding hydrogens is 292 g/mol. The molecule has 0 aliphatic heterocycles. The van der Waals surface area contributed by atoms with Gasteiger partial charge >= 0.3 is 12.4 Å². The first-order valence-electron chi connectivity index (χ1n) is 4.94. The van der Waals surface area contributed by atoms with Crippen molar-refractivity contribution in [3.63, 3.8) is 0 Å². The van der Waals surface area contributed by atoms with Gasteiger partial charge in [0.05, 0.1) is 11.5 Å². The van der Waals surface area contributed by atoms with Gasteiger partial charge in [-0.1, -0.05) is 6.07 Å². The van der Waals surface area contributed by atoms with Gasteiger partial charge in [-0.15, -0.1) is 0 Å². The Morgan fingerprint density at radius 3 is 2.20 bits per heavy atom. The number of nitrogens with one attached hydrogen (secondary N) is 1. The van der Waals surface area contributed by atoms with E-state index >= 15 is 0 Å². The zero-order chi connectivity index (χ0) is 15.6. The Bertz CT molecular complexity index is 532. The number of benzene rings is 1. The molecular formula is C11H6F6NO2-. The third kappa shape index (κ3) is 4.48. The van der Waals surface area contributed by atoms with Crippen LogP contribution in [0.5, 0.6) is 0 Å². The van der Waals surface area contributed by atoms with Gasteiger partial charge in [-0.3, -0.25) is 0 Å². The summed E-state index contributed by atoms with van der Waals surface area (Å²) in [7, 11) is 0. The fourth-order valence-corrected chi connectivity index (χ4v) is 1.24. The van der Waals surface area contributed by atoms with Crippen LogP contribution in [0.2, 0.25) is 0 Å². The molecule has 1 aromatic carbocycles. The number of hydrogen-bond acceptors (Lipinski definition) is 3. The monoisotopic (exact) mass is 298 g/mol. The van der Waals surface area contributed by atoms with Gasteiger partial charge in [0.25, 0.3) is 0 Å². The van der Waals surface area contributed by atoms with Gasteiger partial charge < -0.3 is 15.2 Å². The summed E-state index contributed by atoms with van der Waals surface area (Å²) in [6, 6.07) is 2.91. The zero-order valence-corrected chi connectivity index (χ0v) is 9.47. The standard InChI is InChI=1S/C11H7F6NO2/c12-10(13,14)6-2-1-3-7(4-6)18-8(5-9(19)20)11(15,16)17/h1-5,18H,(H,19,20)/p-1/b8-5+. The van der Waals surface area contributed by atoms with Crippen molar-refractivity contribution in [3.8, 4) is 0 Å². The third-order valence-electron chi connectivity index (χ3n) is 2.04. The van der Waals surface area contributed by atoms with Crippen LogP contribution >= 0.6 is 0 Å². The first-order chi connectivity index (χ1) is 9.00. The highest BCUT2D eigenvalue weighted by Crippen LogP contribution is 2.32. The highest BCUT2D eigenvalue weighted by atomic mass is 19.4. The molecule has 0 atom stereocenters. The number of carbonyl (C=O) groups is 1. The summed E-state index contributed by atoms with van der Waals surface area (Å²) in [6.45, 7) is 0. The van der Waals surface area contributed by atoms with Crippen LogP contribution in [0.25, 0.3) is 0 Å². The lowest BCUT2D eigenvalue weighted by molar-refractivity contribution is -0.297. The van der Waals surface area contributed by atoms with E-state index in [0.717, 1.165) is 12.1 Å². The molecule has 0 radical (unpaired) electrons. The number of alkyl halides is 6. The predicted molar refractivity (Wildman–Crippen MR) is 54.2 cm³/mol. The summed E-state index contributed by atoms with van der Waals surface area (Å²) in [5.74, 6) is -2.13. The number of allylic oxidation sites excluding steroid dienone is 1. The number of carbonyl (C=O) groups excluding carboxylic acids is 1. The Morgan fingerprint density at radius 2 is 1.75 bits per heavy atom. The summed E-state index contributed by atoms with van der Waals surface area (Å²) >= 11 is 0. The molecule has 1 N–H and O–H groups in total. The van der Waals surface area contributed by atoms with Gasteiger partial charge in [-0.05, 0) is 24.3 Å². The van der Waals surface area contributed by atoms with Crippen LogP contribution in [-0.4, -0.2) is 12.1 Å². The first kappa shape index (κ1) is 15.9. The Balaban J connectivity index is 3.10. The van der Waals surface area contributed by atoms with Crippen LogP contribution in [0.15, 0.2) is 36.0 Å². The first-order valence-corrected chi connectivity index (χ1v) is 4.94. The van der Waals surface area contributed by atoms with Crippen molar-refractivity contribution in [2.75, 3.05) is 5.32 Å². The fraction of sp³-hybridized carbons (Fsp3) is 0.182. The Kier molecular flexibility index (Phi) is 4.31. The number of aliphatic carboxylic acids is 1. The van der Waals surface area contributed by atoms with Crippen LogP contribution in [0.4, 0.5) is 32.0 Å². The van der Waals surface area contributed by atoms with Crippen LogP contribution in [0.3, 0.4) is 0 Å². The molecule has 0 unspecified atom stereocenters. The highest BCUT2D eigenvalue weighted by molar-refractivity contribution is 5.79. The second-order valence-electron chi connectivity index (χ2n) is 3.58. The van der Waals surface area contributed by atoms with E-state index in [9.17, 15) is 36.2 Å². The largest absolute Gasteiger partial charge is 0.545 e. The number of anilines is 1. The predicted octanol–water partition coefficient (Wildman–Crippen LogP) is 2.31. The molecule has 0 heterocycles. The Labute approximate surface area is 108 Å². The van der Waals surface area contributed by atoms with Gasteiger partial charge in [-0.2, -0.15) is 26.3 Å². The molecule has 0 saturated carbocycles. The number of halogens is 6. The van der Waals surface area contributed by atoms with E-state index in [1.807, 2.05) is 0 Å². The van der Waals surface area contributed by atoms with Crippen molar-refractivity contribution in [3.05, 3.63) is 41.6 Å². The van der Waals surface area contributed by atoms with Crippen molar-refractivity contribution in [2.24, 2.45) is 0 Å². The van der Waals surface area contributed by atoms with E-state index in [4.69, 9.17) is 0 Å². The Hall–Kier alpha value is -2.19. The highest BCUT2D eigenvalue weighted by Gasteiger charge is 2.35. The number of rotatable bonds is 3. The average Bonchev–Trinajstić information content (AvgIpc) is 2.25. The van der Waals surface area contributed by atoms with E-state index in [2.05, 4.69) is 0 Å². The number of carboxylic acids is 1. The van der Waals surface area contributed by atoms with Gasteiger partial charge in [-0.25, -0.2) is 0 Å². The molecule has 0 aliphatic carbocycles. The summed E-state index contributed by atoms with van der Waals surface area (Å²) in [5, 5.41) is 11.7. The molecule has 0 saturated heterocycles. The van der Waals surface area contributed by atoms with Gasteiger partial charge in [0, 0.05) is 5.69 Å². The van der Waals surface area contributed by atoms with Gasteiger partial charge in [0.2, 0.25) is 0 Å². The van der Waals surface area contributed by atoms with Gasteiger partial charge in [0.1, 0.15) is 5.70 Å². The normalized spacial score (nSPS) is 13.2. The lowest BCUT2D eigenvalue weighted by Crippen LogP contribution is -2.26. The maximum Gasteiger partial charge on any atom is 0.431 e. The summed E-state index contributed by atoms with van der Waals surface area (Å²) in [5.41, 5.74) is -3.46. The lowest BCUT2D eigenvalue weighted by Gasteiger charge is -2.16. The number of carboxylic acid groups (broad SMARTS) is 1. The van der Waals surface area contributed by atoms with Crippen molar-refractivity contribution < 1.29 is 36.2 Å². The van der Waals surface area contributed by atoms with E-state index in [0.29, 0.717) is 12.1 Å². The molecule has 0 bridgehead atoms. The van der Waals surface area contributed by atoms with Crippen LogP contribution in [-0.2, 0) is 11.0 Å². The molecule has 0 aliphatic rings. The van der Waals surface area contributed by atoms with Crippen molar-refractivity contribution >= 4 is 11.7 Å². The smallest absolute Gasteiger partial charge is 0.431 e. The quantitative estimate of drug-likeness (QED) is 0.688. The topological polar surface area (TPSA) is 52.2 Å². The minimum Gasteiger partial charge on any atom is -0.545 e. The lowest BCUT2D eigenvalue weighted by atomic mass is 10.2. The molecule has 0 aromatic heterocycles. The van der Waals surface area contributed by atoms with E-state index in [1.54, 1.807) is 5.32 Å². The zero-order valence-electron chi connectivity index (χ0n) is 9.47. The van der Waals surface area contributed by atoms with E-state index in [-0.39, 0.29) is 6.08 Å². The van der Waals surface area contributed by atoms with Gasteiger partial charge in [0.15, 0.2) is 0 Å². The van der Waals surface area contributed by atoms with Crippen molar-refractivity contribution in [1.29, 1.82) is 0 Å². The SMILES string of the molecule is O=C([O-])/C=C(/Nc1cccc(C(F)(F)F)c1)C(F)(F)F. The Morgan fingerprint density at radius 1 is 1.15 bits per heavy atom. The molecule has 0 amide bonds. The molecule has 3 nitrogen and oxygen atoms in total. The van der Waals surface area contributed by atoms with E-state index in [1.165, 1.54) is 0 Å². The van der Waals surface area contributed by atoms with Crippen LogP contribution < -0.4 is 10.4 Å². The minimum atomic E-state index is -5.08. The molecule has 110 valence electrons. The third-order valence-corrected chi connectivity index (χ3v) is 2.04. The molecule has 0 fully saturated rings. The summed E-state index contributed by atoms with van der Waals surface area (Å²) < 4.78 is 74.5. The van der Waals surface area contributed by atoms with Crippen LogP contribution in [0.1, 0.15) is 5.56 Å². The van der Waals surface area contributed by atoms with E-state index < -0.39 is 35.3 Å². The molecule has 20 heavy (non-hydrogen) atoms. The van der Waals surface area contributed by atoms with Crippen molar-refractivity contribution in [1.82, 2.24) is 0 Å². The second-order valence-corrected chi connectivity index (χ2v) is 3.58. The molecule has 0 spiro atoms. The maximum absolute atomic E-state index is 12.5. The average molecular weight is 298 g/mol. The molecule has 1 aromatic rings. The second kappa shape index (κ2) is 5.43. The number of hydrogen-bond donors (Lipinski definition) is 1. The fourth-order valence-electron chi connectivity index (χ4n) is 1.24. The summed E-state index contributed by atoms with van der Waals surface area (Å²) in [6.07, 6.45) is -10.1. The van der Waals surface area contributed by atoms with Crippen molar-refractivity contribution in [2.45, 2.75) is 12.4 Å². The maximum atomic E-state index is 12.5. The van der Waals surface area contributed by atoms with Crippen LogP contribution in [0, 0.1) is 0 Å². The molecule has 9 heteroatoms. The molecule has 1 rings (SSSR count).